The highest BCUT2D eigenvalue weighted by atomic mass is 16.4. The Kier molecular flexibility index (Phi) is 13.9. The van der Waals surface area contributed by atoms with Crippen molar-refractivity contribution in [1.29, 1.82) is 0 Å². The van der Waals surface area contributed by atoms with Crippen molar-refractivity contribution in [2.24, 2.45) is 5.92 Å². The average Bonchev–Trinajstić information content (AvgIpc) is 2.38. The van der Waals surface area contributed by atoms with Crippen LogP contribution in [0.2, 0.25) is 0 Å². The Bertz CT molecular complexity index is 334. The van der Waals surface area contributed by atoms with Gasteiger partial charge in [-0.1, -0.05) is 26.2 Å². The summed E-state index contributed by atoms with van der Waals surface area (Å²) in [7, 11) is 0. The Labute approximate surface area is 128 Å². The smallest absolute Gasteiger partial charge is 0.317 e. The summed E-state index contributed by atoms with van der Waals surface area (Å²) in [5, 5.41) is 33.2. The third kappa shape index (κ3) is 15.9. The first kappa shape index (κ1) is 22.2. The van der Waals surface area contributed by atoms with E-state index in [-0.39, 0.29) is 19.3 Å². The molecular weight excluding hydrogens is 296 g/mol. The van der Waals surface area contributed by atoms with E-state index in [1.54, 1.807) is 0 Å². The minimum absolute atomic E-state index is 0.139. The number of hydrogen-bond donors (Lipinski definition) is 4. The molecule has 0 saturated carbocycles. The second kappa shape index (κ2) is 13.8. The van der Waals surface area contributed by atoms with Crippen molar-refractivity contribution in [3.8, 4) is 0 Å². The first-order valence-corrected chi connectivity index (χ1v) is 7.11. The maximum absolute atomic E-state index is 10.3. The summed E-state index contributed by atoms with van der Waals surface area (Å²) in [5.74, 6) is -5.35. The van der Waals surface area contributed by atoms with E-state index >= 15 is 0 Å². The normalized spacial score (nSPS) is 9.73. The molecule has 4 N–H and O–H groups in total. The molecule has 22 heavy (non-hydrogen) atoms. The van der Waals surface area contributed by atoms with E-state index in [1.165, 1.54) is 0 Å². The standard InChI is InChI=1S/2C7H12O4/c1-2-3-4-5(6(8)9)7(10)11;8-6(9)4-2-1-3-5-7(10)11/h5H,2-4H2,1H3,(H,8,9)(H,10,11);1-5H2,(H,8,9)(H,10,11). The van der Waals surface area contributed by atoms with Crippen molar-refractivity contribution in [3.05, 3.63) is 0 Å². The average molecular weight is 320 g/mol. The highest BCUT2D eigenvalue weighted by molar-refractivity contribution is 5.92. The van der Waals surface area contributed by atoms with Gasteiger partial charge in [-0.3, -0.25) is 19.2 Å². The molecule has 0 aliphatic rings. The van der Waals surface area contributed by atoms with Crippen molar-refractivity contribution in [3.63, 3.8) is 0 Å². The molecule has 0 amide bonds. The predicted octanol–water partition coefficient (Wildman–Crippen LogP) is 2.07. The highest BCUT2D eigenvalue weighted by Gasteiger charge is 2.24. The zero-order valence-corrected chi connectivity index (χ0v) is 12.7. The first-order valence-electron chi connectivity index (χ1n) is 7.11. The van der Waals surface area contributed by atoms with Crippen molar-refractivity contribution in [2.45, 2.75) is 58.3 Å². The predicted molar refractivity (Wildman–Crippen MR) is 76.6 cm³/mol. The molecule has 0 radical (unpaired) electrons. The molecule has 0 heterocycles. The van der Waals surface area contributed by atoms with Gasteiger partial charge in [-0.05, 0) is 19.3 Å². The lowest BCUT2D eigenvalue weighted by atomic mass is 10.0. The van der Waals surface area contributed by atoms with Crippen LogP contribution in [0.15, 0.2) is 0 Å². The maximum atomic E-state index is 10.3. The summed E-state index contributed by atoms with van der Waals surface area (Å²) in [6, 6.07) is 0. The molecule has 0 saturated heterocycles. The van der Waals surface area contributed by atoms with Gasteiger partial charge in [-0.2, -0.15) is 0 Å². The Hall–Kier alpha value is -2.12. The zero-order valence-electron chi connectivity index (χ0n) is 12.7. The molecule has 0 spiro atoms. The van der Waals surface area contributed by atoms with Crippen LogP contribution in [0.1, 0.15) is 58.3 Å². The summed E-state index contributed by atoms with van der Waals surface area (Å²) in [4.78, 5) is 40.5. The number of unbranched alkanes of at least 4 members (excludes halogenated alkanes) is 3. The van der Waals surface area contributed by atoms with Gasteiger partial charge in [0.25, 0.3) is 0 Å². The fraction of sp³-hybridized carbons (Fsp3) is 0.714. The molecule has 128 valence electrons. The zero-order chi connectivity index (χ0) is 17.5. The lowest BCUT2D eigenvalue weighted by Gasteiger charge is -2.04. The van der Waals surface area contributed by atoms with Crippen LogP contribution in [0.3, 0.4) is 0 Å². The van der Waals surface area contributed by atoms with E-state index in [2.05, 4.69) is 0 Å². The van der Waals surface area contributed by atoms with Crippen LogP contribution in [0.4, 0.5) is 0 Å². The van der Waals surface area contributed by atoms with Crippen molar-refractivity contribution >= 4 is 23.9 Å². The van der Waals surface area contributed by atoms with Crippen LogP contribution in [0, 0.1) is 5.92 Å². The van der Waals surface area contributed by atoms with Gasteiger partial charge in [0.05, 0.1) is 0 Å². The molecule has 0 aromatic carbocycles. The fourth-order valence-corrected chi connectivity index (χ4v) is 1.49. The molecule has 0 aliphatic carbocycles. The first-order chi connectivity index (χ1) is 10.2. The van der Waals surface area contributed by atoms with Crippen molar-refractivity contribution in [1.82, 2.24) is 0 Å². The molecule has 0 aromatic heterocycles. The Morgan fingerprint density at radius 3 is 1.41 bits per heavy atom. The summed E-state index contributed by atoms with van der Waals surface area (Å²) >= 11 is 0. The monoisotopic (exact) mass is 320 g/mol. The van der Waals surface area contributed by atoms with Crippen LogP contribution in [-0.2, 0) is 19.2 Å². The molecule has 0 atom stereocenters. The second-order valence-corrected chi connectivity index (χ2v) is 4.72. The molecule has 0 aliphatic heterocycles. The van der Waals surface area contributed by atoms with Gasteiger partial charge < -0.3 is 20.4 Å². The lowest BCUT2D eigenvalue weighted by molar-refractivity contribution is -0.155. The molecule has 0 fully saturated rings. The Balaban J connectivity index is 0. The van der Waals surface area contributed by atoms with E-state index in [9.17, 15) is 19.2 Å². The van der Waals surface area contributed by atoms with Gasteiger partial charge in [-0.15, -0.1) is 0 Å². The van der Waals surface area contributed by atoms with Crippen LogP contribution >= 0.6 is 0 Å². The second-order valence-electron chi connectivity index (χ2n) is 4.72. The number of carbonyl (C=O) groups is 4. The van der Waals surface area contributed by atoms with Crippen molar-refractivity contribution in [2.75, 3.05) is 0 Å². The molecular formula is C14H24O8. The summed E-state index contributed by atoms with van der Waals surface area (Å²) in [5.41, 5.74) is 0. The van der Waals surface area contributed by atoms with Gasteiger partial charge in [-0.25, -0.2) is 0 Å². The van der Waals surface area contributed by atoms with Crippen LogP contribution in [0.25, 0.3) is 0 Å². The van der Waals surface area contributed by atoms with E-state index in [4.69, 9.17) is 20.4 Å². The van der Waals surface area contributed by atoms with E-state index in [1.807, 2.05) is 6.92 Å². The van der Waals surface area contributed by atoms with Gasteiger partial charge in [0.2, 0.25) is 0 Å². The van der Waals surface area contributed by atoms with Gasteiger partial charge >= 0.3 is 23.9 Å². The topological polar surface area (TPSA) is 149 Å². The number of hydrogen-bond acceptors (Lipinski definition) is 4. The van der Waals surface area contributed by atoms with Crippen LogP contribution < -0.4 is 0 Å². The largest absolute Gasteiger partial charge is 0.481 e. The number of aliphatic carboxylic acids is 4. The highest BCUT2D eigenvalue weighted by Crippen LogP contribution is 2.08. The summed E-state index contributed by atoms with van der Waals surface area (Å²) in [6.45, 7) is 1.89. The minimum atomic E-state index is -1.24. The Morgan fingerprint density at radius 1 is 0.727 bits per heavy atom. The van der Waals surface area contributed by atoms with E-state index in [0.29, 0.717) is 25.7 Å². The quantitative estimate of drug-likeness (QED) is 0.334. The van der Waals surface area contributed by atoms with Gasteiger partial charge in [0.1, 0.15) is 0 Å². The molecule has 0 unspecified atom stereocenters. The molecule has 0 rings (SSSR count). The third-order valence-corrected chi connectivity index (χ3v) is 2.72. The molecule has 8 nitrogen and oxygen atoms in total. The molecule has 8 heteroatoms. The van der Waals surface area contributed by atoms with Crippen LogP contribution in [-0.4, -0.2) is 44.3 Å². The number of carboxylic acid groups (broad SMARTS) is 4. The summed E-state index contributed by atoms with van der Waals surface area (Å²) in [6.07, 6.45) is 3.78. The van der Waals surface area contributed by atoms with Gasteiger partial charge in [0, 0.05) is 12.8 Å². The molecule has 0 bridgehead atoms. The van der Waals surface area contributed by atoms with E-state index in [0.717, 1.165) is 6.42 Å². The minimum Gasteiger partial charge on any atom is -0.481 e. The van der Waals surface area contributed by atoms with Crippen LogP contribution in [0.5, 0.6) is 0 Å². The molecule has 0 aromatic rings. The lowest BCUT2D eigenvalue weighted by Crippen LogP contribution is -2.22. The number of carboxylic acids is 4. The Morgan fingerprint density at radius 2 is 1.14 bits per heavy atom. The number of rotatable bonds is 11. The maximum Gasteiger partial charge on any atom is 0.317 e. The van der Waals surface area contributed by atoms with Crippen molar-refractivity contribution < 1.29 is 39.6 Å². The van der Waals surface area contributed by atoms with E-state index < -0.39 is 29.8 Å². The SMILES string of the molecule is CCCCC(C(=O)O)C(=O)O.O=C(O)CCCCCC(=O)O. The third-order valence-electron chi connectivity index (χ3n) is 2.72. The fourth-order valence-electron chi connectivity index (χ4n) is 1.49. The van der Waals surface area contributed by atoms with Gasteiger partial charge in [0.15, 0.2) is 5.92 Å². The summed E-state index contributed by atoms with van der Waals surface area (Å²) < 4.78 is 0.